The molecular weight excluding hydrogens is 1140 g/mol. The molecule has 3 N–H and O–H groups in total. The molecule has 0 amide bonds. The molecule has 0 aliphatic heterocycles. The van der Waals surface area contributed by atoms with Crippen molar-refractivity contribution in [3.63, 3.8) is 0 Å². The highest BCUT2D eigenvalue weighted by atomic mass is 31.2. The van der Waals surface area contributed by atoms with Crippen molar-refractivity contribution in [2.75, 3.05) is 39.6 Å². The van der Waals surface area contributed by atoms with E-state index < -0.39 is 97.5 Å². The van der Waals surface area contributed by atoms with Crippen LogP contribution in [-0.2, 0) is 65.4 Å². The SMILES string of the molecule is CCCCCCCCCCCCCCCCC(=O)OC[C@H](COP(=O)(O)OC[C@@H](O)COP(=O)(O)OC[C@@H](COC(=O)CCCCCCCCCCC)OC(=O)CCCCCCCCC(C)C)OC(=O)CCCCCCCCCCCCC(C)CC. The van der Waals surface area contributed by atoms with Gasteiger partial charge in [-0.1, -0.05) is 286 Å². The van der Waals surface area contributed by atoms with Crippen molar-refractivity contribution in [2.45, 2.75) is 355 Å². The zero-order chi connectivity index (χ0) is 63.6. The molecule has 0 bridgehead atoms. The second-order valence-electron chi connectivity index (χ2n) is 24.9. The molecule has 0 aromatic carbocycles. The average Bonchev–Trinajstić information content (AvgIpc) is 3.66. The fourth-order valence-corrected chi connectivity index (χ4v) is 11.6. The van der Waals surface area contributed by atoms with E-state index >= 15 is 0 Å². The van der Waals surface area contributed by atoms with E-state index in [0.717, 1.165) is 95.8 Å². The van der Waals surface area contributed by atoms with Crippen LogP contribution in [0.25, 0.3) is 0 Å². The molecular formula is C67H130O17P2. The lowest BCUT2D eigenvalue weighted by Crippen LogP contribution is -2.30. The van der Waals surface area contributed by atoms with Gasteiger partial charge in [0.05, 0.1) is 26.4 Å². The molecule has 0 aromatic heterocycles. The Morgan fingerprint density at radius 1 is 0.337 bits per heavy atom. The Labute approximate surface area is 524 Å². The smallest absolute Gasteiger partial charge is 0.462 e. The summed E-state index contributed by atoms with van der Waals surface area (Å²) in [6, 6.07) is 0. The highest BCUT2D eigenvalue weighted by Crippen LogP contribution is 2.45. The predicted molar refractivity (Wildman–Crippen MR) is 345 cm³/mol. The molecule has 0 rings (SSSR count). The maximum Gasteiger partial charge on any atom is 0.472 e. The zero-order valence-corrected chi connectivity index (χ0v) is 57.4. The van der Waals surface area contributed by atoms with E-state index in [4.69, 9.17) is 37.0 Å². The van der Waals surface area contributed by atoms with Gasteiger partial charge in [0, 0.05) is 25.7 Å². The van der Waals surface area contributed by atoms with E-state index in [1.165, 1.54) is 154 Å². The summed E-state index contributed by atoms with van der Waals surface area (Å²) in [7, 11) is -9.89. The van der Waals surface area contributed by atoms with Crippen LogP contribution in [0.15, 0.2) is 0 Å². The summed E-state index contributed by atoms with van der Waals surface area (Å²) < 4.78 is 68.1. The number of unbranched alkanes of at least 4 members (excludes halogenated alkanes) is 35. The molecule has 86 heavy (non-hydrogen) atoms. The Hall–Kier alpha value is -1.94. The van der Waals surface area contributed by atoms with Gasteiger partial charge in [-0.3, -0.25) is 37.3 Å². The summed E-state index contributed by atoms with van der Waals surface area (Å²) in [6.07, 6.45) is 43.1. The highest BCUT2D eigenvalue weighted by molar-refractivity contribution is 7.47. The number of ether oxygens (including phenoxy) is 4. The molecule has 17 nitrogen and oxygen atoms in total. The first-order valence-electron chi connectivity index (χ1n) is 35.0. The van der Waals surface area contributed by atoms with E-state index in [-0.39, 0.29) is 25.7 Å². The normalized spacial score (nSPS) is 14.5. The summed E-state index contributed by atoms with van der Waals surface area (Å²) >= 11 is 0. The van der Waals surface area contributed by atoms with E-state index in [0.29, 0.717) is 31.6 Å². The largest absolute Gasteiger partial charge is 0.472 e. The number of aliphatic hydroxyl groups excluding tert-OH is 1. The molecule has 0 spiro atoms. The van der Waals surface area contributed by atoms with E-state index in [1.807, 2.05) is 0 Å². The molecule has 0 fully saturated rings. The second kappa shape index (κ2) is 59.4. The van der Waals surface area contributed by atoms with Gasteiger partial charge >= 0.3 is 39.5 Å². The fraction of sp³-hybridized carbons (Fsp3) is 0.940. The van der Waals surface area contributed by atoms with Crippen LogP contribution in [0.5, 0.6) is 0 Å². The predicted octanol–water partition coefficient (Wildman–Crippen LogP) is 18.8. The van der Waals surface area contributed by atoms with Crippen molar-refractivity contribution in [1.82, 2.24) is 0 Å². The first-order chi connectivity index (χ1) is 41.4. The molecule has 0 saturated carbocycles. The molecule has 6 atom stereocenters. The molecule has 510 valence electrons. The Kier molecular flexibility index (Phi) is 58.0. The topological polar surface area (TPSA) is 237 Å². The molecule has 0 radical (unpaired) electrons. The van der Waals surface area contributed by atoms with Crippen molar-refractivity contribution < 1.29 is 80.2 Å². The zero-order valence-electron chi connectivity index (χ0n) is 55.6. The van der Waals surface area contributed by atoms with Crippen LogP contribution in [0.4, 0.5) is 0 Å². The number of hydrogen-bond donors (Lipinski definition) is 3. The number of carbonyl (C=O) groups excluding carboxylic acids is 4. The number of phosphoric ester groups is 2. The van der Waals surface area contributed by atoms with Crippen LogP contribution < -0.4 is 0 Å². The lowest BCUT2D eigenvalue weighted by Gasteiger charge is -2.21. The summed E-state index contributed by atoms with van der Waals surface area (Å²) in [4.78, 5) is 72.3. The van der Waals surface area contributed by atoms with Gasteiger partial charge in [0.1, 0.15) is 19.3 Å². The number of aliphatic hydroxyl groups is 1. The van der Waals surface area contributed by atoms with Crippen molar-refractivity contribution in [3.05, 3.63) is 0 Å². The third kappa shape index (κ3) is 59.7. The fourth-order valence-electron chi connectivity index (χ4n) is 10.0. The van der Waals surface area contributed by atoms with E-state index in [9.17, 15) is 43.2 Å². The van der Waals surface area contributed by atoms with Crippen molar-refractivity contribution in [1.29, 1.82) is 0 Å². The summed E-state index contributed by atoms with van der Waals surface area (Å²) in [5.41, 5.74) is 0. The summed E-state index contributed by atoms with van der Waals surface area (Å²) in [5.74, 6) is -0.660. The van der Waals surface area contributed by atoms with Crippen LogP contribution in [0.3, 0.4) is 0 Å². The molecule has 3 unspecified atom stereocenters. The minimum absolute atomic E-state index is 0.102. The number of phosphoric acid groups is 2. The minimum atomic E-state index is -4.95. The molecule has 0 saturated heterocycles. The maximum atomic E-state index is 13.0. The van der Waals surface area contributed by atoms with Gasteiger partial charge in [-0.05, 0) is 37.5 Å². The van der Waals surface area contributed by atoms with Crippen LogP contribution in [0, 0.1) is 11.8 Å². The van der Waals surface area contributed by atoms with Gasteiger partial charge in [-0.2, -0.15) is 0 Å². The van der Waals surface area contributed by atoms with Gasteiger partial charge in [-0.25, -0.2) is 9.13 Å². The third-order valence-corrected chi connectivity index (χ3v) is 17.7. The van der Waals surface area contributed by atoms with Gasteiger partial charge in [-0.15, -0.1) is 0 Å². The quantitative estimate of drug-likeness (QED) is 0.0222. The monoisotopic (exact) mass is 1270 g/mol. The van der Waals surface area contributed by atoms with Gasteiger partial charge in [0.15, 0.2) is 12.2 Å². The van der Waals surface area contributed by atoms with Crippen LogP contribution in [-0.4, -0.2) is 96.7 Å². The Balaban J connectivity index is 5.23. The van der Waals surface area contributed by atoms with Crippen LogP contribution >= 0.6 is 15.6 Å². The number of hydrogen-bond acceptors (Lipinski definition) is 15. The lowest BCUT2D eigenvalue weighted by molar-refractivity contribution is -0.161. The second-order valence-corrected chi connectivity index (χ2v) is 27.8. The molecule has 0 heterocycles. The molecule has 0 aliphatic rings. The number of rotatable bonds is 66. The molecule has 0 aliphatic carbocycles. The first kappa shape index (κ1) is 84.1. The van der Waals surface area contributed by atoms with Gasteiger partial charge in [0.2, 0.25) is 0 Å². The van der Waals surface area contributed by atoms with Crippen molar-refractivity contribution >= 4 is 39.5 Å². The van der Waals surface area contributed by atoms with Gasteiger partial charge in [0.25, 0.3) is 0 Å². The van der Waals surface area contributed by atoms with Crippen molar-refractivity contribution in [2.24, 2.45) is 11.8 Å². The average molecular weight is 1270 g/mol. The molecule has 19 heteroatoms. The van der Waals surface area contributed by atoms with Crippen LogP contribution in [0.2, 0.25) is 0 Å². The summed E-state index contributed by atoms with van der Waals surface area (Å²) in [5, 5.41) is 10.6. The maximum absolute atomic E-state index is 13.0. The van der Waals surface area contributed by atoms with E-state index in [1.54, 1.807) is 0 Å². The Bertz CT molecular complexity index is 1690. The minimum Gasteiger partial charge on any atom is -0.462 e. The third-order valence-electron chi connectivity index (χ3n) is 15.8. The summed E-state index contributed by atoms with van der Waals surface area (Å²) in [6.45, 7) is 9.44. The number of carbonyl (C=O) groups is 4. The first-order valence-corrected chi connectivity index (χ1v) is 38.0. The van der Waals surface area contributed by atoms with E-state index in [2.05, 4.69) is 41.5 Å². The standard InChI is InChI=1S/C67H130O17P2/c1-7-10-12-14-16-18-19-20-21-22-27-31-38-44-50-65(70)78-55-62(83-66(71)51-45-39-32-28-24-23-26-29-36-42-48-60(6)9-3)57-81-85(73,74)79-53-61(68)54-80-86(75,76)82-58-63(84-67(72)52-46-40-34-33-35-41-47-59(4)5)56-77-64(69)49-43-37-30-25-17-15-13-11-8-2/h59-63,68H,7-58H2,1-6H3,(H,73,74)(H,75,76)/t60?,61-,62-,63-/m1/s1. The number of esters is 4. The Morgan fingerprint density at radius 3 is 0.884 bits per heavy atom. The lowest BCUT2D eigenvalue weighted by atomic mass is 9.99. The van der Waals surface area contributed by atoms with Gasteiger partial charge < -0.3 is 33.8 Å². The van der Waals surface area contributed by atoms with Crippen molar-refractivity contribution in [3.8, 4) is 0 Å². The Morgan fingerprint density at radius 2 is 0.593 bits per heavy atom. The van der Waals surface area contributed by atoms with Crippen LogP contribution in [0.1, 0.15) is 337 Å². The highest BCUT2D eigenvalue weighted by Gasteiger charge is 2.30. The molecule has 0 aromatic rings.